The van der Waals surface area contributed by atoms with Crippen molar-refractivity contribution in [2.75, 3.05) is 37.8 Å². The lowest BCUT2D eigenvalue weighted by molar-refractivity contribution is -0.385. The number of carbonyl (C=O) groups excluding carboxylic acids is 2. The summed E-state index contributed by atoms with van der Waals surface area (Å²) in [6.45, 7) is 1.15. The van der Waals surface area contributed by atoms with E-state index >= 15 is 0 Å². The Morgan fingerprint density at radius 1 is 1.06 bits per heavy atom. The van der Waals surface area contributed by atoms with E-state index in [1.165, 1.54) is 4.90 Å². The van der Waals surface area contributed by atoms with Gasteiger partial charge in [0.25, 0.3) is 11.6 Å². The minimum absolute atomic E-state index is 0.0866. The average molecular weight is 481 g/mol. The van der Waals surface area contributed by atoms with E-state index in [2.05, 4.69) is 5.32 Å². The number of amides is 3. The van der Waals surface area contributed by atoms with Gasteiger partial charge >= 0.3 is 6.03 Å². The van der Waals surface area contributed by atoms with E-state index in [1.54, 1.807) is 29.2 Å². The summed E-state index contributed by atoms with van der Waals surface area (Å²) in [5.74, 6) is -0.532. The Morgan fingerprint density at radius 3 is 2.41 bits per heavy atom. The number of urea groups is 1. The molecule has 2 aromatic rings. The highest BCUT2D eigenvalue weighted by Gasteiger charge is 2.26. The molecule has 0 aromatic heterocycles. The minimum atomic E-state index is -3.75. The molecule has 3 amide bonds. The van der Waals surface area contributed by atoms with Crippen LogP contribution in [0.15, 0.2) is 47.4 Å². The summed E-state index contributed by atoms with van der Waals surface area (Å²) in [4.78, 5) is 38.7. The van der Waals surface area contributed by atoms with Crippen molar-refractivity contribution in [2.45, 2.75) is 11.3 Å². The van der Waals surface area contributed by atoms with Crippen LogP contribution >= 0.6 is 11.6 Å². The third kappa shape index (κ3) is 5.74. The normalized spacial score (nSPS) is 14.6. The number of nitro benzene ring substituents is 1. The molecule has 0 aliphatic carbocycles. The Bertz CT molecular complexity index is 1170. The number of rotatable bonds is 4. The molecule has 0 radical (unpaired) electrons. The summed E-state index contributed by atoms with van der Waals surface area (Å²) in [6, 6.07) is 9.52. The van der Waals surface area contributed by atoms with E-state index in [0.29, 0.717) is 30.2 Å². The zero-order chi connectivity index (χ0) is 23.5. The van der Waals surface area contributed by atoms with E-state index in [1.807, 2.05) is 0 Å². The zero-order valence-corrected chi connectivity index (χ0v) is 18.7. The summed E-state index contributed by atoms with van der Waals surface area (Å²) in [5.41, 5.74) is -0.0188. The maximum atomic E-state index is 13.0. The third-order valence-electron chi connectivity index (χ3n) is 4.92. The highest BCUT2D eigenvalue weighted by atomic mass is 35.5. The first-order valence-corrected chi connectivity index (χ1v) is 11.9. The van der Waals surface area contributed by atoms with Gasteiger partial charge in [-0.15, -0.1) is 0 Å². The van der Waals surface area contributed by atoms with Crippen LogP contribution in [0.2, 0.25) is 5.02 Å². The van der Waals surface area contributed by atoms with Crippen molar-refractivity contribution in [3.8, 4) is 0 Å². The van der Waals surface area contributed by atoms with Crippen molar-refractivity contribution in [1.82, 2.24) is 9.80 Å². The second-order valence-electron chi connectivity index (χ2n) is 7.32. The predicted molar refractivity (Wildman–Crippen MR) is 119 cm³/mol. The molecule has 1 N–H and O–H groups in total. The highest BCUT2D eigenvalue weighted by molar-refractivity contribution is 7.90. The molecule has 1 saturated heterocycles. The maximum absolute atomic E-state index is 13.0. The van der Waals surface area contributed by atoms with Crippen LogP contribution in [0.4, 0.5) is 16.2 Å². The van der Waals surface area contributed by atoms with Crippen LogP contribution in [-0.4, -0.2) is 67.5 Å². The summed E-state index contributed by atoms with van der Waals surface area (Å²) in [7, 11) is -3.75. The van der Waals surface area contributed by atoms with Crippen LogP contribution in [0.3, 0.4) is 0 Å². The number of sulfone groups is 1. The molecule has 0 bridgehead atoms. The van der Waals surface area contributed by atoms with E-state index in [9.17, 15) is 28.1 Å². The van der Waals surface area contributed by atoms with Gasteiger partial charge in [-0.2, -0.15) is 0 Å². The Kier molecular flexibility index (Phi) is 6.99. The number of benzene rings is 2. The van der Waals surface area contributed by atoms with Crippen molar-refractivity contribution in [1.29, 1.82) is 0 Å². The fourth-order valence-corrected chi connectivity index (χ4v) is 4.17. The van der Waals surface area contributed by atoms with Crippen LogP contribution in [0.5, 0.6) is 0 Å². The first-order valence-electron chi connectivity index (χ1n) is 9.65. The first-order chi connectivity index (χ1) is 15.0. The maximum Gasteiger partial charge on any atom is 0.321 e. The van der Waals surface area contributed by atoms with Crippen molar-refractivity contribution < 1.29 is 22.9 Å². The van der Waals surface area contributed by atoms with E-state index in [-0.39, 0.29) is 29.6 Å². The predicted octanol–water partition coefficient (Wildman–Crippen LogP) is 3.03. The first kappa shape index (κ1) is 23.5. The van der Waals surface area contributed by atoms with Gasteiger partial charge in [0.15, 0.2) is 9.84 Å². The molecule has 3 rings (SSSR count). The Labute approximate surface area is 189 Å². The van der Waals surface area contributed by atoms with E-state index in [4.69, 9.17) is 11.6 Å². The fraction of sp³-hybridized carbons (Fsp3) is 0.300. The minimum Gasteiger partial charge on any atom is -0.337 e. The standard InChI is InChI=1S/C20H21ClN4O6S/c1-32(30,31)18-11-14(10-17(13-18)25(28)29)19(26)23-6-3-7-24(9-8-23)20(27)22-16-5-2-4-15(21)12-16/h2,4-5,10-13H,3,6-9H2,1H3,(H,22,27). The number of nitrogens with one attached hydrogen (secondary N) is 1. The number of anilines is 1. The molecular weight excluding hydrogens is 460 g/mol. The van der Waals surface area contributed by atoms with Gasteiger partial charge in [-0.1, -0.05) is 17.7 Å². The largest absolute Gasteiger partial charge is 0.337 e. The second kappa shape index (κ2) is 9.53. The average Bonchev–Trinajstić information content (AvgIpc) is 2.98. The summed E-state index contributed by atoms with van der Waals surface area (Å²) in [6.07, 6.45) is 1.41. The summed E-state index contributed by atoms with van der Waals surface area (Å²) < 4.78 is 23.8. The van der Waals surface area contributed by atoms with Crippen LogP contribution in [-0.2, 0) is 9.84 Å². The Hall–Kier alpha value is -3.18. The Balaban J connectivity index is 1.73. The van der Waals surface area contributed by atoms with Crippen molar-refractivity contribution in [2.24, 2.45) is 0 Å². The molecule has 0 unspecified atom stereocenters. The molecule has 170 valence electrons. The summed E-state index contributed by atoms with van der Waals surface area (Å²) >= 11 is 5.93. The molecule has 1 fully saturated rings. The molecular formula is C20H21ClN4O6S. The Morgan fingerprint density at radius 2 is 1.75 bits per heavy atom. The molecule has 32 heavy (non-hydrogen) atoms. The van der Waals surface area contributed by atoms with Gasteiger partial charge in [-0.25, -0.2) is 13.2 Å². The zero-order valence-electron chi connectivity index (χ0n) is 17.2. The molecule has 2 aromatic carbocycles. The second-order valence-corrected chi connectivity index (χ2v) is 9.77. The van der Waals surface area contributed by atoms with Gasteiger partial charge in [0.05, 0.1) is 9.82 Å². The number of non-ortho nitro benzene ring substituents is 1. The van der Waals surface area contributed by atoms with E-state index < -0.39 is 26.4 Å². The lowest BCUT2D eigenvalue weighted by atomic mass is 10.1. The number of halogens is 1. The van der Waals surface area contributed by atoms with Crippen molar-refractivity contribution in [3.63, 3.8) is 0 Å². The SMILES string of the molecule is CS(=O)(=O)c1cc(C(=O)N2CCCN(C(=O)Nc3cccc(Cl)c3)CC2)cc([N+](=O)[O-])c1. The van der Waals surface area contributed by atoms with Gasteiger partial charge in [0.2, 0.25) is 0 Å². The number of hydrogen-bond acceptors (Lipinski definition) is 6. The quantitative estimate of drug-likeness (QED) is 0.528. The van der Waals surface area contributed by atoms with Crippen LogP contribution < -0.4 is 5.32 Å². The van der Waals surface area contributed by atoms with E-state index in [0.717, 1.165) is 24.5 Å². The smallest absolute Gasteiger partial charge is 0.321 e. The van der Waals surface area contributed by atoms with Gasteiger partial charge in [0.1, 0.15) is 0 Å². The molecule has 0 atom stereocenters. The molecule has 1 aliphatic rings. The molecule has 0 saturated carbocycles. The molecule has 0 spiro atoms. The number of hydrogen-bond donors (Lipinski definition) is 1. The van der Waals surface area contributed by atoms with Crippen molar-refractivity contribution in [3.05, 3.63) is 63.2 Å². The van der Waals surface area contributed by atoms with Gasteiger partial charge in [0, 0.05) is 60.8 Å². The van der Waals surface area contributed by atoms with Gasteiger partial charge in [-0.05, 0) is 30.7 Å². The van der Waals surface area contributed by atoms with Crippen LogP contribution in [0.25, 0.3) is 0 Å². The molecule has 1 aliphatic heterocycles. The molecule has 10 nitrogen and oxygen atoms in total. The molecule has 12 heteroatoms. The fourth-order valence-electron chi connectivity index (χ4n) is 3.30. The third-order valence-corrected chi connectivity index (χ3v) is 6.25. The lowest BCUT2D eigenvalue weighted by Gasteiger charge is -2.22. The monoisotopic (exact) mass is 480 g/mol. The topological polar surface area (TPSA) is 130 Å². The van der Waals surface area contributed by atoms with Gasteiger partial charge in [-0.3, -0.25) is 14.9 Å². The lowest BCUT2D eigenvalue weighted by Crippen LogP contribution is -2.39. The number of carbonyl (C=O) groups is 2. The number of nitro groups is 1. The summed E-state index contributed by atoms with van der Waals surface area (Å²) in [5, 5.41) is 14.4. The van der Waals surface area contributed by atoms with Crippen LogP contribution in [0, 0.1) is 10.1 Å². The molecule has 1 heterocycles. The van der Waals surface area contributed by atoms with Crippen LogP contribution in [0.1, 0.15) is 16.8 Å². The highest BCUT2D eigenvalue weighted by Crippen LogP contribution is 2.23. The number of nitrogens with zero attached hydrogens (tertiary/aromatic N) is 3. The van der Waals surface area contributed by atoms with Crippen molar-refractivity contribution >= 4 is 44.8 Å². The van der Waals surface area contributed by atoms with Gasteiger partial charge < -0.3 is 15.1 Å².